The molecule has 0 radical (unpaired) electrons. The van der Waals surface area contributed by atoms with Crippen LogP contribution in [0.15, 0.2) is 18.5 Å². The number of alkyl halides is 3. The summed E-state index contributed by atoms with van der Waals surface area (Å²) in [6, 6.07) is 1.70. The van der Waals surface area contributed by atoms with Gasteiger partial charge in [-0.15, -0.1) is 0 Å². The van der Waals surface area contributed by atoms with Crippen molar-refractivity contribution >= 4 is 11.9 Å². The minimum atomic E-state index is -4.12. The highest BCUT2D eigenvalue weighted by molar-refractivity contribution is 5.34. The lowest BCUT2D eigenvalue weighted by molar-refractivity contribution is -0.135. The summed E-state index contributed by atoms with van der Waals surface area (Å²) in [7, 11) is 0. The van der Waals surface area contributed by atoms with Crippen LogP contribution in [0.1, 0.15) is 19.3 Å². The summed E-state index contributed by atoms with van der Waals surface area (Å²) in [5.74, 6) is 0.457. The smallest absolute Gasteiger partial charge is 0.368 e. The van der Waals surface area contributed by atoms with E-state index in [9.17, 15) is 13.2 Å². The summed E-state index contributed by atoms with van der Waals surface area (Å²) < 4.78 is 37.4. The van der Waals surface area contributed by atoms with Gasteiger partial charge in [0.25, 0.3) is 5.95 Å². The molecule has 0 saturated carbocycles. The zero-order valence-electron chi connectivity index (χ0n) is 11.0. The maximum Gasteiger partial charge on any atom is 0.389 e. The Balaban J connectivity index is 1.89. The lowest BCUT2D eigenvalue weighted by Crippen LogP contribution is -2.13. The number of nitrogen functional groups attached to an aromatic ring is 1. The average Bonchev–Trinajstić information content (AvgIpc) is 2.90. The van der Waals surface area contributed by atoms with Crippen LogP contribution < -0.4 is 11.1 Å². The van der Waals surface area contributed by atoms with Gasteiger partial charge >= 0.3 is 6.18 Å². The maximum atomic E-state index is 12.0. The summed E-state index contributed by atoms with van der Waals surface area (Å²) in [5, 5.41) is 6.78. The van der Waals surface area contributed by atoms with E-state index in [1.807, 2.05) is 0 Å². The van der Waals surface area contributed by atoms with Gasteiger partial charge in [0.15, 0.2) is 0 Å². The first-order chi connectivity index (χ1) is 9.94. The maximum absolute atomic E-state index is 12.0. The number of nitrogens with one attached hydrogen (secondary N) is 1. The molecule has 0 bridgehead atoms. The van der Waals surface area contributed by atoms with Gasteiger partial charge in [-0.3, -0.25) is 0 Å². The Labute approximate surface area is 118 Å². The monoisotopic (exact) mass is 301 g/mol. The number of nitrogens with zero attached hydrogens (tertiary/aromatic N) is 5. The predicted octanol–water partition coefficient (Wildman–Crippen LogP) is 1.78. The van der Waals surface area contributed by atoms with E-state index in [4.69, 9.17) is 5.73 Å². The number of hydrogen-bond acceptors (Lipinski definition) is 6. The van der Waals surface area contributed by atoms with Gasteiger partial charge in [-0.05, 0) is 18.9 Å². The molecule has 2 rings (SSSR count). The second-order valence-corrected chi connectivity index (χ2v) is 4.27. The van der Waals surface area contributed by atoms with E-state index in [1.54, 1.807) is 18.5 Å². The van der Waals surface area contributed by atoms with Gasteiger partial charge < -0.3 is 11.1 Å². The highest BCUT2D eigenvalue weighted by Gasteiger charge is 2.25. The first-order valence-electron chi connectivity index (χ1n) is 6.26. The van der Waals surface area contributed by atoms with Crippen molar-refractivity contribution in [3.05, 3.63) is 18.5 Å². The molecule has 114 valence electrons. The second-order valence-electron chi connectivity index (χ2n) is 4.27. The number of halogens is 3. The summed E-state index contributed by atoms with van der Waals surface area (Å²) in [6.07, 6.45) is -1.32. The molecule has 0 saturated heterocycles. The van der Waals surface area contributed by atoms with E-state index in [2.05, 4.69) is 25.4 Å². The lowest BCUT2D eigenvalue weighted by atomic mass is 10.2. The van der Waals surface area contributed by atoms with Crippen molar-refractivity contribution in [3.8, 4) is 5.95 Å². The van der Waals surface area contributed by atoms with Crippen LogP contribution >= 0.6 is 0 Å². The third kappa shape index (κ3) is 4.89. The summed E-state index contributed by atoms with van der Waals surface area (Å²) in [6.45, 7) is 0.318. The number of nitrogens with two attached hydrogens (primary N) is 1. The van der Waals surface area contributed by atoms with Crippen LogP contribution in [0.25, 0.3) is 5.95 Å². The summed E-state index contributed by atoms with van der Waals surface area (Å²) in [4.78, 5) is 11.9. The number of anilines is 2. The van der Waals surface area contributed by atoms with Crippen LogP contribution in [0.5, 0.6) is 0 Å². The molecule has 3 N–H and O–H groups in total. The highest BCUT2D eigenvalue weighted by atomic mass is 19.4. The third-order valence-corrected chi connectivity index (χ3v) is 2.52. The van der Waals surface area contributed by atoms with Gasteiger partial charge in [0.1, 0.15) is 0 Å². The molecule has 0 aliphatic heterocycles. The predicted molar refractivity (Wildman–Crippen MR) is 69.8 cm³/mol. The molecule has 2 aromatic rings. The molecule has 0 aliphatic carbocycles. The van der Waals surface area contributed by atoms with Gasteiger partial charge in [-0.25, -0.2) is 4.68 Å². The fourth-order valence-electron chi connectivity index (χ4n) is 1.60. The zero-order chi connectivity index (χ0) is 15.3. The van der Waals surface area contributed by atoms with E-state index in [-0.39, 0.29) is 24.3 Å². The van der Waals surface area contributed by atoms with Crippen LogP contribution in [-0.4, -0.2) is 37.5 Å². The molecule has 0 amide bonds. The minimum Gasteiger partial charge on any atom is -0.368 e. The first kappa shape index (κ1) is 15.0. The van der Waals surface area contributed by atoms with Crippen molar-refractivity contribution < 1.29 is 13.2 Å². The van der Waals surface area contributed by atoms with Crippen LogP contribution in [0.3, 0.4) is 0 Å². The number of unbranched alkanes of at least 4 members (excludes halogenated alkanes) is 1. The molecular formula is C11H14F3N7. The Hall–Kier alpha value is -2.39. The van der Waals surface area contributed by atoms with Crippen LogP contribution in [0.2, 0.25) is 0 Å². The zero-order valence-corrected chi connectivity index (χ0v) is 11.0. The molecule has 0 aromatic carbocycles. The van der Waals surface area contributed by atoms with E-state index < -0.39 is 12.6 Å². The fourth-order valence-corrected chi connectivity index (χ4v) is 1.60. The standard InChI is InChI=1S/C11H14F3N7/c12-11(13,14)4-1-2-5-16-9-18-8(15)19-10(20-9)21-7-3-6-17-21/h3,6-7H,1-2,4-5H2,(H3,15,16,18,19,20). The van der Waals surface area contributed by atoms with Crippen molar-refractivity contribution in [3.63, 3.8) is 0 Å². The minimum absolute atomic E-state index is 0.00768. The van der Waals surface area contributed by atoms with Crippen LogP contribution in [0.4, 0.5) is 25.1 Å². The Morgan fingerprint density at radius 1 is 1.19 bits per heavy atom. The number of hydrogen-bond donors (Lipinski definition) is 2. The van der Waals surface area contributed by atoms with Gasteiger partial charge in [-0.1, -0.05) is 0 Å². The van der Waals surface area contributed by atoms with Crippen molar-refractivity contribution in [1.29, 1.82) is 0 Å². The van der Waals surface area contributed by atoms with Crippen molar-refractivity contribution in [2.75, 3.05) is 17.6 Å². The SMILES string of the molecule is Nc1nc(NCCCCC(F)(F)F)nc(-n2cccn2)n1. The Morgan fingerprint density at radius 2 is 2.00 bits per heavy atom. The molecule has 21 heavy (non-hydrogen) atoms. The molecule has 0 unspecified atom stereocenters. The first-order valence-corrected chi connectivity index (χ1v) is 6.26. The third-order valence-electron chi connectivity index (χ3n) is 2.52. The molecule has 0 spiro atoms. The molecule has 0 fully saturated rings. The van der Waals surface area contributed by atoms with Gasteiger partial charge in [0.05, 0.1) is 0 Å². The summed E-state index contributed by atoms with van der Waals surface area (Å²) >= 11 is 0. The van der Waals surface area contributed by atoms with Crippen LogP contribution in [-0.2, 0) is 0 Å². The van der Waals surface area contributed by atoms with Gasteiger partial charge in [0, 0.05) is 25.4 Å². The largest absolute Gasteiger partial charge is 0.389 e. The molecule has 2 aromatic heterocycles. The summed E-state index contributed by atoms with van der Waals surface area (Å²) in [5.41, 5.74) is 5.56. The molecular weight excluding hydrogens is 287 g/mol. The average molecular weight is 301 g/mol. The Kier molecular flexibility index (Phi) is 4.55. The Morgan fingerprint density at radius 3 is 2.67 bits per heavy atom. The van der Waals surface area contributed by atoms with Crippen molar-refractivity contribution in [2.45, 2.75) is 25.4 Å². The van der Waals surface area contributed by atoms with Gasteiger partial charge in [0.2, 0.25) is 11.9 Å². The number of aromatic nitrogens is 5. The topological polar surface area (TPSA) is 94.5 Å². The van der Waals surface area contributed by atoms with Gasteiger partial charge in [-0.2, -0.15) is 33.2 Å². The van der Waals surface area contributed by atoms with E-state index in [1.165, 1.54) is 4.68 Å². The van der Waals surface area contributed by atoms with E-state index in [0.717, 1.165) is 0 Å². The molecule has 0 atom stereocenters. The molecule has 0 aliphatic rings. The van der Waals surface area contributed by atoms with Crippen LogP contribution in [0, 0.1) is 0 Å². The normalized spacial score (nSPS) is 11.6. The molecule has 10 heteroatoms. The van der Waals surface area contributed by atoms with E-state index in [0.29, 0.717) is 13.0 Å². The molecule has 2 heterocycles. The quantitative estimate of drug-likeness (QED) is 0.790. The number of rotatable bonds is 6. The molecule has 7 nitrogen and oxygen atoms in total. The lowest BCUT2D eigenvalue weighted by Gasteiger charge is -2.08. The second kappa shape index (κ2) is 6.37. The van der Waals surface area contributed by atoms with Crippen molar-refractivity contribution in [1.82, 2.24) is 24.7 Å². The highest BCUT2D eigenvalue weighted by Crippen LogP contribution is 2.22. The fraction of sp³-hybridized carbons (Fsp3) is 0.455. The van der Waals surface area contributed by atoms with E-state index >= 15 is 0 Å². The van der Waals surface area contributed by atoms with Crippen molar-refractivity contribution in [2.24, 2.45) is 0 Å². The Bertz CT molecular complexity index is 568.